The summed E-state index contributed by atoms with van der Waals surface area (Å²) >= 11 is 5.84. The molecule has 0 saturated carbocycles. The van der Waals surface area contributed by atoms with Crippen molar-refractivity contribution in [3.05, 3.63) is 28.8 Å². The quantitative estimate of drug-likeness (QED) is 0.870. The van der Waals surface area contributed by atoms with Gasteiger partial charge in [-0.25, -0.2) is 0 Å². The molecule has 0 fully saturated rings. The van der Waals surface area contributed by atoms with Crippen molar-refractivity contribution in [2.75, 3.05) is 0 Å². The lowest BCUT2D eigenvalue weighted by Gasteiger charge is -2.28. The van der Waals surface area contributed by atoms with E-state index in [1.165, 1.54) is 18.2 Å². The molecule has 0 unspecified atom stereocenters. The molecule has 1 atom stereocenters. The lowest BCUT2D eigenvalue weighted by molar-refractivity contribution is -0.166. The predicted molar refractivity (Wildman–Crippen MR) is 78.9 cm³/mol. The minimum atomic E-state index is -4.51. The summed E-state index contributed by atoms with van der Waals surface area (Å²) in [5.74, 6) is -0.839. The van der Waals surface area contributed by atoms with E-state index in [4.69, 9.17) is 11.6 Å². The van der Waals surface area contributed by atoms with Crippen molar-refractivity contribution in [2.45, 2.75) is 45.8 Å². The van der Waals surface area contributed by atoms with Gasteiger partial charge in [0.05, 0.1) is 6.42 Å². The predicted octanol–water partition coefficient (Wildman–Crippen LogP) is 4.07. The summed E-state index contributed by atoms with van der Waals surface area (Å²) in [4.78, 5) is 11.9. The van der Waals surface area contributed by atoms with Crippen molar-refractivity contribution in [2.24, 2.45) is 5.41 Å². The number of benzene rings is 1. The van der Waals surface area contributed by atoms with Crippen molar-refractivity contribution in [1.82, 2.24) is 5.32 Å². The zero-order valence-electron chi connectivity index (χ0n) is 12.6. The molecule has 3 nitrogen and oxygen atoms in total. The fourth-order valence-electron chi connectivity index (χ4n) is 1.96. The fourth-order valence-corrected chi connectivity index (χ4v) is 2.20. The van der Waals surface area contributed by atoms with Crippen LogP contribution in [0.2, 0.25) is 5.02 Å². The summed E-state index contributed by atoms with van der Waals surface area (Å²) < 4.78 is 39.0. The average Bonchev–Trinajstić information content (AvgIpc) is 2.29. The molecule has 124 valence electrons. The Balaban J connectivity index is 2.79. The number of halogens is 4. The normalized spacial score (nSPS) is 13.8. The molecule has 0 spiro atoms. The number of phenolic OH excluding ortho intramolecular Hbond substituents is 1. The number of phenols is 1. The van der Waals surface area contributed by atoms with E-state index < -0.39 is 23.5 Å². The molecule has 1 aromatic carbocycles. The molecule has 0 bridgehead atoms. The summed E-state index contributed by atoms with van der Waals surface area (Å²) in [5, 5.41) is 11.4. The van der Waals surface area contributed by atoms with Gasteiger partial charge in [-0.1, -0.05) is 38.4 Å². The SMILES string of the molecule is CC(C)(C)C[C@H](NC(=O)Cc1ccc(O)cc1Cl)C(F)(F)F. The Labute approximate surface area is 132 Å². The van der Waals surface area contributed by atoms with Crippen LogP contribution in [0.25, 0.3) is 0 Å². The third kappa shape index (κ3) is 6.13. The molecule has 0 aliphatic heterocycles. The first-order valence-corrected chi connectivity index (χ1v) is 7.10. The summed E-state index contributed by atoms with van der Waals surface area (Å²) in [7, 11) is 0. The minimum Gasteiger partial charge on any atom is -0.508 e. The van der Waals surface area contributed by atoms with Gasteiger partial charge in [0.2, 0.25) is 5.91 Å². The van der Waals surface area contributed by atoms with Gasteiger partial charge in [-0.3, -0.25) is 4.79 Å². The molecule has 7 heteroatoms. The van der Waals surface area contributed by atoms with Crippen molar-refractivity contribution < 1.29 is 23.1 Å². The van der Waals surface area contributed by atoms with Gasteiger partial charge < -0.3 is 10.4 Å². The van der Waals surface area contributed by atoms with E-state index in [-0.39, 0.29) is 23.6 Å². The van der Waals surface area contributed by atoms with Gasteiger partial charge >= 0.3 is 6.18 Å². The Morgan fingerprint density at radius 1 is 1.32 bits per heavy atom. The Kier molecular flexibility index (Phi) is 5.73. The first-order chi connectivity index (χ1) is 9.88. The maximum atomic E-state index is 13.0. The molecule has 1 rings (SSSR count). The number of nitrogens with one attached hydrogen (secondary N) is 1. The van der Waals surface area contributed by atoms with Gasteiger partial charge in [0, 0.05) is 5.02 Å². The number of amides is 1. The largest absolute Gasteiger partial charge is 0.508 e. The summed E-state index contributed by atoms with van der Waals surface area (Å²) in [6, 6.07) is 2.06. The van der Waals surface area contributed by atoms with Crippen LogP contribution in [-0.2, 0) is 11.2 Å². The second-order valence-corrected chi connectivity index (χ2v) is 6.79. The van der Waals surface area contributed by atoms with Gasteiger partial charge in [0.1, 0.15) is 11.8 Å². The first kappa shape index (κ1) is 18.6. The molecule has 0 aliphatic rings. The van der Waals surface area contributed by atoms with Crippen molar-refractivity contribution in [3.8, 4) is 5.75 Å². The Morgan fingerprint density at radius 2 is 1.91 bits per heavy atom. The molecular formula is C15H19ClF3NO2. The van der Waals surface area contributed by atoms with E-state index in [9.17, 15) is 23.1 Å². The van der Waals surface area contributed by atoms with Crippen LogP contribution in [-0.4, -0.2) is 23.2 Å². The smallest absolute Gasteiger partial charge is 0.408 e. The number of hydrogen-bond acceptors (Lipinski definition) is 2. The van der Waals surface area contributed by atoms with Crippen LogP contribution < -0.4 is 5.32 Å². The number of aromatic hydroxyl groups is 1. The fraction of sp³-hybridized carbons (Fsp3) is 0.533. The Bertz CT molecular complexity index is 539. The lowest BCUT2D eigenvalue weighted by Crippen LogP contribution is -2.47. The highest BCUT2D eigenvalue weighted by atomic mass is 35.5. The van der Waals surface area contributed by atoms with Gasteiger partial charge in [-0.05, 0) is 29.5 Å². The van der Waals surface area contributed by atoms with E-state index in [1.807, 2.05) is 5.32 Å². The molecule has 0 aliphatic carbocycles. The molecule has 1 aromatic rings. The van der Waals surface area contributed by atoms with Crippen LogP contribution in [0, 0.1) is 5.41 Å². The molecule has 0 aromatic heterocycles. The zero-order chi connectivity index (χ0) is 17.1. The highest BCUT2D eigenvalue weighted by Gasteiger charge is 2.42. The van der Waals surface area contributed by atoms with E-state index in [0.29, 0.717) is 5.56 Å². The molecular weight excluding hydrogens is 319 g/mol. The van der Waals surface area contributed by atoms with Crippen LogP contribution in [0.5, 0.6) is 5.75 Å². The number of carbonyl (C=O) groups excluding carboxylic acids is 1. The molecule has 1 amide bonds. The van der Waals surface area contributed by atoms with Crippen molar-refractivity contribution in [3.63, 3.8) is 0 Å². The van der Waals surface area contributed by atoms with E-state index in [1.54, 1.807) is 20.8 Å². The molecule has 0 radical (unpaired) electrons. The summed E-state index contributed by atoms with van der Waals surface area (Å²) in [5.41, 5.74) is -0.224. The third-order valence-corrected chi connectivity index (χ3v) is 3.29. The maximum absolute atomic E-state index is 13.0. The van der Waals surface area contributed by atoms with Gasteiger partial charge in [-0.2, -0.15) is 13.2 Å². The van der Waals surface area contributed by atoms with Gasteiger partial charge in [0.25, 0.3) is 0 Å². The Morgan fingerprint density at radius 3 is 2.36 bits per heavy atom. The number of alkyl halides is 3. The standard InChI is InChI=1S/C15H19ClF3NO2/c1-14(2,3)8-12(15(17,18)19)20-13(22)6-9-4-5-10(21)7-11(9)16/h4-5,7,12,21H,6,8H2,1-3H3,(H,20,22)/t12-/m0/s1. The number of rotatable bonds is 4. The van der Waals surface area contributed by atoms with Crippen molar-refractivity contribution >= 4 is 17.5 Å². The monoisotopic (exact) mass is 337 g/mol. The topological polar surface area (TPSA) is 49.3 Å². The van der Waals surface area contributed by atoms with Crippen molar-refractivity contribution in [1.29, 1.82) is 0 Å². The van der Waals surface area contributed by atoms with E-state index >= 15 is 0 Å². The third-order valence-electron chi connectivity index (χ3n) is 2.93. The summed E-state index contributed by atoms with van der Waals surface area (Å²) in [6.07, 6.45) is -5.01. The highest BCUT2D eigenvalue weighted by Crippen LogP contribution is 2.30. The molecule has 0 saturated heterocycles. The number of carbonyl (C=O) groups is 1. The Hall–Kier alpha value is -1.43. The second kappa shape index (κ2) is 6.77. The van der Waals surface area contributed by atoms with Gasteiger partial charge in [0.15, 0.2) is 0 Å². The van der Waals surface area contributed by atoms with Crippen LogP contribution in [0.15, 0.2) is 18.2 Å². The number of hydrogen-bond donors (Lipinski definition) is 2. The van der Waals surface area contributed by atoms with Crippen LogP contribution in [0.4, 0.5) is 13.2 Å². The highest BCUT2D eigenvalue weighted by molar-refractivity contribution is 6.31. The first-order valence-electron chi connectivity index (χ1n) is 6.72. The summed E-state index contributed by atoms with van der Waals surface area (Å²) in [6.45, 7) is 5.03. The van der Waals surface area contributed by atoms with E-state index in [0.717, 1.165) is 0 Å². The lowest BCUT2D eigenvalue weighted by atomic mass is 9.87. The molecule has 0 heterocycles. The molecule has 22 heavy (non-hydrogen) atoms. The molecule has 2 N–H and O–H groups in total. The van der Waals surface area contributed by atoms with Crippen LogP contribution in [0.1, 0.15) is 32.8 Å². The zero-order valence-corrected chi connectivity index (χ0v) is 13.3. The average molecular weight is 338 g/mol. The maximum Gasteiger partial charge on any atom is 0.408 e. The van der Waals surface area contributed by atoms with Crippen LogP contribution in [0.3, 0.4) is 0 Å². The second-order valence-electron chi connectivity index (χ2n) is 6.38. The van der Waals surface area contributed by atoms with Crippen LogP contribution >= 0.6 is 11.6 Å². The van der Waals surface area contributed by atoms with E-state index in [2.05, 4.69) is 0 Å². The minimum absolute atomic E-state index is 0.0740. The van der Waals surface area contributed by atoms with Gasteiger partial charge in [-0.15, -0.1) is 0 Å².